The predicted molar refractivity (Wildman–Crippen MR) is 122 cm³/mol. The SMILES string of the molecule is CCC[C@@H](CCO)Nc1nc(NC(=O)O)nc2cnn(Cc3cccc4cccnc34)c12. The maximum Gasteiger partial charge on any atom is 0.411 e. The molecular formula is C22H25N7O3. The maximum absolute atomic E-state index is 11.1. The lowest BCUT2D eigenvalue weighted by Crippen LogP contribution is -2.23. The summed E-state index contributed by atoms with van der Waals surface area (Å²) in [6, 6.07) is 9.88. The second-order valence-corrected chi connectivity index (χ2v) is 7.50. The van der Waals surface area contributed by atoms with E-state index in [0.717, 1.165) is 29.3 Å². The number of carbonyl (C=O) groups is 1. The Balaban J connectivity index is 1.78. The Bertz CT molecular complexity index is 1230. The fourth-order valence-corrected chi connectivity index (χ4v) is 3.81. The average molecular weight is 435 g/mol. The lowest BCUT2D eigenvalue weighted by molar-refractivity contribution is 0.209. The van der Waals surface area contributed by atoms with Gasteiger partial charge in [-0.05, 0) is 24.5 Å². The molecule has 1 amide bonds. The van der Waals surface area contributed by atoms with Crippen LogP contribution in [0.3, 0.4) is 0 Å². The van der Waals surface area contributed by atoms with E-state index in [1.165, 1.54) is 0 Å². The van der Waals surface area contributed by atoms with Crippen molar-refractivity contribution in [2.24, 2.45) is 0 Å². The minimum atomic E-state index is -1.25. The van der Waals surface area contributed by atoms with Gasteiger partial charge in [0.15, 0.2) is 5.82 Å². The van der Waals surface area contributed by atoms with Crippen LogP contribution in [-0.2, 0) is 6.54 Å². The molecule has 166 valence electrons. The molecule has 0 bridgehead atoms. The Morgan fingerprint density at radius 3 is 2.81 bits per heavy atom. The van der Waals surface area contributed by atoms with Crippen LogP contribution in [0.15, 0.2) is 42.7 Å². The number of nitrogens with one attached hydrogen (secondary N) is 2. The number of aromatic nitrogens is 5. The quantitative estimate of drug-likeness (QED) is 0.313. The van der Waals surface area contributed by atoms with Gasteiger partial charge >= 0.3 is 6.09 Å². The lowest BCUT2D eigenvalue weighted by Gasteiger charge is -2.19. The van der Waals surface area contributed by atoms with Gasteiger partial charge < -0.3 is 15.5 Å². The largest absolute Gasteiger partial charge is 0.465 e. The molecule has 10 heteroatoms. The molecule has 0 aliphatic heterocycles. The summed E-state index contributed by atoms with van der Waals surface area (Å²) in [6.07, 6.45) is 4.40. The van der Waals surface area contributed by atoms with Gasteiger partial charge in [-0.2, -0.15) is 10.1 Å². The Morgan fingerprint density at radius 1 is 1.19 bits per heavy atom. The average Bonchev–Trinajstić information content (AvgIpc) is 3.17. The molecular weight excluding hydrogens is 410 g/mol. The summed E-state index contributed by atoms with van der Waals surface area (Å²) in [5.41, 5.74) is 3.06. The van der Waals surface area contributed by atoms with Gasteiger partial charge in [-0.15, -0.1) is 0 Å². The molecule has 0 aliphatic rings. The minimum absolute atomic E-state index is 0.0247. The number of rotatable bonds is 9. The van der Waals surface area contributed by atoms with Gasteiger partial charge in [-0.1, -0.05) is 37.6 Å². The molecule has 4 rings (SSSR count). The van der Waals surface area contributed by atoms with E-state index in [2.05, 4.69) is 37.6 Å². The number of amides is 1. The first-order valence-electron chi connectivity index (χ1n) is 10.5. The molecule has 1 aromatic carbocycles. The highest BCUT2D eigenvalue weighted by Crippen LogP contribution is 2.26. The van der Waals surface area contributed by atoms with Crippen LogP contribution >= 0.6 is 0 Å². The number of aliphatic hydroxyl groups excluding tert-OH is 1. The first-order chi connectivity index (χ1) is 15.6. The summed E-state index contributed by atoms with van der Waals surface area (Å²) in [6.45, 7) is 2.55. The number of pyridine rings is 1. The smallest absolute Gasteiger partial charge is 0.411 e. The van der Waals surface area contributed by atoms with Gasteiger partial charge in [0.1, 0.15) is 11.0 Å². The highest BCUT2D eigenvalue weighted by atomic mass is 16.4. The Hall–Kier alpha value is -3.79. The normalized spacial score (nSPS) is 12.2. The van der Waals surface area contributed by atoms with E-state index < -0.39 is 6.09 Å². The number of anilines is 2. The number of benzene rings is 1. The standard InChI is InChI=1S/C22H25N7O3/c1-2-5-16(9-11-30)25-20-19-17(26-21(27-20)28-22(31)32)12-24-29(19)13-15-7-3-6-14-8-4-10-23-18(14)15/h3-4,6-8,10,12,16,30H,2,5,9,11,13H2,1H3,(H,31,32)(H2,25,26,27,28)/t16-/m0/s1. The van der Waals surface area contributed by atoms with Gasteiger partial charge in [0.25, 0.3) is 0 Å². The van der Waals surface area contributed by atoms with E-state index in [1.54, 1.807) is 17.1 Å². The summed E-state index contributed by atoms with van der Waals surface area (Å²) < 4.78 is 1.79. The van der Waals surface area contributed by atoms with E-state index in [9.17, 15) is 9.90 Å². The third kappa shape index (κ3) is 4.59. The van der Waals surface area contributed by atoms with E-state index >= 15 is 0 Å². The van der Waals surface area contributed by atoms with Crippen LogP contribution in [0, 0.1) is 0 Å². The Morgan fingerprint density at radius 2 is 2.03 bits per heavy atom. The monoisotopic (exact) mass is 435 g/mol. The van der Waals surface area contributed by atoms with E-state index in [0.29, 0.717) is 29.8 Å². The molecule has 0 radical (unpaired) electrons. The number of fused-ring (bicyclic) bond motifs is 2. The van der Waals surface area contributed by atoms with Crippen molar-refractivity contribution in [2.75, 3.05) is 17.2 Å². The molecule has 3 aromatic heterocycles. The predicted octanol–water partition coefficient (Wildman–Crippen LogP) is 3.48. The van der Waals surface area contributed by atoms with Crippen molar-refractivity contribution in [3.05, 3.63) is 48.3 Å². The Labute approximate surface area is 184 Å². The van der Waals surface area contributed by atoms with E-state index in [1.807, 2.05) is 30.3 Å². The van der Waals surface area contributed by atoms with Crippen molar-refractivity contribution in [1.29, 1.82) is 0 Å². The second kappa shape index (κ2) is 9.56. The van der Waals surface area contributed by atoms with Crippen LogP contribution in [0.4, 0.5) is 16.6 Å². The number of aliphatic hydroxyl groups is 1. The van der Waals surface area contributed by atoms with E-state index in [-0.39, 0.29) is 18.6 Å². The molecule has 32 heavy (non-hydrogen) atoms. The molecule has 4 aromatic rings. The van der Waals surface area contributed by atoms with E-state index in [4.69, 9.17) is 5.11 Å². The topological polar surface area (TPSA) is 138 Å². The van der Waals surface area contributed by atoms with Crippen molar-refractivity contribution in [1.82, 2.24) is 24.7 Å². The Kier molecular flexibility index (Phi) is 6.41. The van der Waals surface area contributed by atoms with Crippen molar-refractivity contribution < 1.29 is 15.0 Å². The number of nitrogens with zero attached hydrogens (tertiary/aromatic N) is 5. The molecule has 0 unspecified atom stereocenters. The summed E-state index contributed by atoms with van der Waals surface area (Å²) in [5.74, 6) is 0.439. The number of para-hydroxylation sites is 1. The molecule has 0 spiro atoms. The third-order valence-electron chi connectivity index (χ3n) is 5.20. The van der Waals surface area contributed by atoms with Gasteiger partial charge in [-0.3, -0.25) is 15.0 Å². The van der Waals surface area contributed by atoms with Crippen LogP contribution in [0.1, 0.15) is 31.7 Å². The van der Waals surface area contributed by atoms with Gasteiger partial charge in [0.2, 0.25) is 5.95 Å². The van der Waals surface area contributed by atoms with Gasteiger partial charge in [0, 0.05) is 24.2 Å². The first kappa shape index (κ1) is 21.4. The highest BCUT2D eigenvalue weighted by molar-refractivity contribution is 5.89. The van der Waals surface area contributed by atoms with Crippen molar-refractivity contribution in [3.8, 4) is 0 Å². The van der Waals surface area contributed by atoms with Crippen LogP contribution in [0.5, 0.6) is 0 Å². The minimum Gasteiger partial charge on any atom is -0.465 e. The molecule has 4 N–H and O–H groups in total. The van der Waals surface area contributed by atoms with Crippen molar-refractivity contribution in [2.45, 2.75) is 38.8 Å². The lowest BCUT2D eigenvalue weighted by atomic mass is 10.1. The molecule has 0 saturated carbocycles. The summed E-state index contributed by atoms with van der Waals surface area (Å²) in [4.78, 5) is 24.4. The van der Waals surface area contributed by atoms with Gasteiger partial charge in [-0.25, -0.2) is 9.78 Å². The molecule has 10 nitrogen and oxygen atoms in total. The van der Waals surface area contributed by atoms with Gasteiger partial charge in [0.05, 0.1) is 18.3 Å². The van der Waals surface area contributed by atoms with Crippen LogP contribution in [0.25, 0.3) is 21.9 Å². The summed E-state index contributed by atoms with van der Waals surface area (Å²) >= 11 is 0. The third-order valence-corrected chi connectivity index (χ3v) is 5.20. The van der Waals surface area contributed by atoms with Crippen LogP contribution in [0.2, 0.25) is 0 Å². The second-order valence-electron chi connectivity index (χ2n) is 7.50. The number of hydrogen-bond donors (Lipinski definition) is 4. The first-order valence-corrected chi connectivity index (χ1v) is 10.5. The number of hydrogen-bond acceptors (Lipinski definition) is 7. The van der Waals surface area contributed by atoms with Crippen LogP contribution < -0.4 is 10.6 Å². The molecule has 1 atom stereocenters. The molecule has 3 heterocycles. The molecule has 0 saturated heterocycles. The fourth-order valence-electron chi connectivity index (χ4n) is 3.81. The zero-order chi connectivity index (χ0) is 22.5. The zero-order valence-electron chi connectivity index (χ0n) is 17.7. The summed E-state index contributed by atoms with van der Waals surface area (Å²) in [7, 11) is 0. The van der Waals surface area contributed by atoms with Crippen molar-refractivity contribution in [3.63, 3.8) is 0 Å². The summed E-state index contributed by atoms with van der Waals surface area (Å²) in [5, 5.41) is 29.7. The fraction of sp³-hybridized carbons (Fsp3) is 0.318. The molecule has 0 aliphatic carbocycles. The van der Waals surface area contributed by atoms with Crippen LogP contribution in [-0.4, -0.2) is 53.7 Å². The molecule has 0 fully saturated rings. The van der Waals surface area contributed by atoms with Crippen molar-refractivity contribution >= 4 is 39.8 Å². The number of carboxylic acid groups (broad SMARTS) is 1. The zero-order valence-corrected chi connectivity index (χ0v) is 17.7. The highest BCUT2D eigenvalue weighted by Gasteiger charge is 2.18. The maximum atomic E-state index is 11.1.